The third-order valence-electron chi connectivity index (χ3n) is 1.77. The van der Waals surface area contributed by atoms with Gasteiger partial charge < -0.3 is 14.8 Å². The highest BCUT2D eigenvalue weighted by atomic mass is 16.5. The van der Waals surface area contributed by atoms with Crippen LogP contribution in [0.5, 0.6) is 5.88 Å². The average molecular weight is 211 g/mol. The lowest BCUT2D eigenvalue weighted by Gasteiger charge is -2.11. The second-order valence-corrected chi connectivity index (χ2v) is 2.83. The van der Waals surface area contributed by atoms with Crippen molar-refractivity contribution in [3.05, 3.63) is 12.4 Å². The first-order valence-corrected chi connectivity index (χ1v) is 4.37. The quantitative estimate of drug-likeness (QED) is 0.729. The number of carbonyl (C=O) groups excluding carboxylic acids is 1. The molecule has 1 heterocycles. The maximum absolute atomic E-state index is 11.1. The summed E-state index contributed by atoms with van der Waals surface area (Å²) in [6, 6.07) is 1.13. The van der Waals surface area contributed by atoms with Gasteiger partial charge in [-0.1, -0.05) is 0 Å². The van der Waals surface area contributed by atoms with Crippen molar-refractivity contribution in [3.8, 4) is 5.88 Å². The average Bonchev–Trinajstić information content (AvgIpc) is 2.28. The van der Waals surface area contributed by atoms with Gasteiger partial charge in [0.25, 0.3) is 0 Å². The number of hydrogen-bond donors (Lipinski definition) is 1. The molecular weight excluding hydrogens is 198 g/mol. The molecule has 0 aliphatic carbocycles. The summed E-state index contributed by atoms with van der Waals surface area (Å²) in [6.45, 7) is 1.68. The third kappa shape index (κ3) is 3.08. The second kappa shape index (κ2) is 5.14. The first kappa shape index (κ1) is 11.2. The zero-order chi connectivity index (χ0) is 11.3. The predicted molar refractivity (Wildman–Crippen MR) is 53.7 cm³/mol. The van der Waals surface area contributed by atoms with Gasteiger partial charge in [-0.15, -0.1) is 0 Å². The molecule has 82 valence electrons. The van der Waals surface area contributed by atoms with Gasteiger partial charge in [-0.2, -0.15) is 0 Å². The van der Waals surface area contributed by atoms with Crippen LogP contribution in [0.15, 0.2) is 12.4 Å². The molecule has 1 aromatic heterocycles. The van der Waals surface area contributed by atoms with Gasteiger partial charge in [-0.25, -0.2) is 14.8 Å². The maximum atomic E-state index is 11.1. The summed E-state index contributed by atoms with van der Waals surface area (Å²) in [4.78, 5) is 18.9. The highest BCUT2D eigenvalue weighted by Gasteiger charge is 2.13. The number of hydrogen-bond acceptors (Lipinski definition) is 6. The summed E-state index contributed by atoms with van der Waals surface area (Å²) >= 11 is 0. The summed E-state index contributed by atoms with van der Waals surface area (Å²) in [6.07, 6.45) is 1.35. The Morgan fingerprint density at radius 1 is 1.47 bits per heavy atom. The Balaban J connectivity index is 2.67. The zero-order valence-electron chi connectivity index (χ0n) is 8.85. The Morgan fingerprint density at radius 3 is 2.80 bits per heavy atom. The lowest BCUT2D eigenvalue weighted by Crippen LogP contribution is -2.27. The van der Waals surface area contributed by atoms with Crippen molar-refractivity contribution >= 4 is 11.8 Å². The van der Waals surface area contributed by atoms with E-state index in [0.29, 0.717) is 11.7 Å². The summed E-state index contributed by atoms with van der Waals surface area (Å²) in [5.41, 5.74) is 0. The largest absolute Gasteiger partial charge is 0.481 e. The van der Waals surface area contributed by atoms with E-state index in [2.05, 4.69) is 20.0 Å². The van der Waals surface area contributed by atoms with E-state index >= 15 is 0 Å². The molecule has 0 saturated carbocycles. The van der Waals surface area contributed by atoms with Crippen LogP contribution in [0.25, 0.3) is 0 Å². The van der Waals surface area contributed by atoms with E-state index in [1.165, 1.54) is 20.5 Å². The maximum Gasteiger partial charge on any atom is 0.328 e. The van der Waals surface area contributed by atoms with E-state index < -0.39 is 6.04 Å². The van der Waals surface area contributed by atoms with Crippen molar-refractivity contribution in [2.75, 3.05) is 19.5 Å². The highest BCUT2D eigenvalue weighted by Crippen LogP contribution is 2.11. The summed E-state index contributed by atoms with van der Waals surface area (Å²) in [5.74, 6) is 0.594. The number of carbonyl (C=O) groups is 1. The molecule has 0 radical (unpaired) electrons. The van der Waals surface area contributed by atoms with Crippen LogP contribution in [-0.2, 0) is 9.53 Å². The van der Waals surface area contributed by atoms with Gasteiger partial charge in [-0.3, -0.25) is 0 Å². The van der Waals surface area contributed by atoms with E-state index in [0.717, 1.165) is 0 Å². The van der Waals surface area contributed by atoms with Crippen LogP contribution in [0.2, 0.25) is 0 Å². The van der Waals surface area contributed by atoms with Gasteiger partial charge in [0.1, 0.15) is 18.2 Å². The zero-order valence-corrected chi connectivity index (χ0v) is 8.85. The fourth-order valence-electron chi connectivity index (χ4n) is 0.988. The monoisotopic (exact) mass is 211 g/mol. The lowest BCUT2D eigenvalue weighted by molar-refractivity contribution is -0.141. The van der Waals surface area contributed by atoms with Crippen LogP contribution in [0.1, 0.15) is 6.92 Å². The molecule has 0 aromatic carbocycles. The minimum Gasteiger partial charge on any atom is -0.481 e. The van der Waals surface area contributed by atoms with Gasteiger partial charge in [-0.05, 0) is 6.92 Å². The molecule has 1 rings (SSSR count). The van der Waals surface area contributed by atoms with Gasteiger partial charge in [0.15, 0.2) is 0 Å². The highest BCUT2D eigenvalue weighted by molar-refractivity contribution is 5.78. The summed E-state index contributed by atoms with van der Waals surface area (Å²) < 4.78 is 9.48. The molecule has 0 saturated heterocycles. The van der Waals surface area contributed by atoms with Crippen molar-refractivity contribution in [3.63, 3.8) is 0 Å². The first-order chi connectivity index (χ1) is 7.17. The van der Waals surface area contributed by atoms with Crippen LogP contribution in [0.4, 0.5) is 5.82 Å². The van der Waals surface area contributed by atoms with Crippen molar-refractivity contribution in [1.82, 2.24) is 9.97 Å². The van der Waals surface area contributed by atoms with Crippen LogP contribution in [0.3, 0.4) is 0 Å². The molecule has 1 atom stereocenters. The number of rotatable bonds is 4. The Morgan fingerprint density at radius 2 is 2.20 bits per heavy atom. The van der Waals surface area contributed by atoms with Crippen molar-refractivity contribution < 1.29 is 14.3 Å². The van der Waals surface area contributed by atoms with E-state index in [1.54, 1.807) is 13.0 Å². The van der Waals surface area contributed by atoms with Gasteiger partial charge in [0, 0.05) is 6.07 Å². The van der Waals surface area contributed by atoms with Crippen molar-refractivity contribution in [1.29, 1.82) is 0 Å². The van der Waals surface area contributed by atoms with E-state index in [4.69, 9.17) is 4.74 Å². The van der Waals surface area contributed by atoms with Crippen LogP contribution >= 0.6 is 0 Å². The fraction of sp³-hybridized carbons (Fsp3) is 0.444. The standard InChI is InChI=1S/C9H13N3O3/c1-6(9(13)15-3)12-7-4-8(14-2)11-5-10-7/h4-6H,1-3H3,(H,10,11,12). The molecule has 0 fully saturated rings. The number of nitrogens with one attached hydrogen (secondary N) is 1. The number of anilines is 1. The number of aromatic nitrogens is 2. The predicted octanol–water partition coefficient (Wildman–Crippen LogP) is 0.459. The van der Waals surface area contributed by atoms with Crippen LogP contribution in [0, 0.1) is 0 Å². The smallest absolute Gasteiger partial charge is 0.328 e. The fourth-order valence-corrected chi connectivity index (χ4v) is 0.988. The first-order valence-electron chi connectivity index (χ1n) is 4.37. The summed E-state index contributed by atoms with van der Waals surface area (Å²) in [5, 5.41) is 2.86. The third-order valence-corrected chi connectivity index (χ3v) is 1.77. The Kier molecular flexibility index (Phi) is 3.84. The molecule has 6 heteroatoms. The Hall–Kier alpha value is -1.85. The molecule has 0 amide bonds. The second-order valence-electron chi connectivity index (χ2n) is 2.83. The summed E-state index contributed by atoms with van der Waals surface area (Å²) in [7, 11) is 2.84. The molecule has 0 bridgehead atoms. The Bertz CT molecular complexity index is 343. The number of nitrogens with zero attached hydrogens (tertiary/aromatic N) is 2. The number of methoxy groups -OCH3 is 2. The normalized spacial score (nSPS) is 11.7. The molecule has 15 heavy (non-hydrogen) atoms. The van der Waals surface area contributed by atoms with Gasteiger partial charge >= 0.3 is 5.97 Å². The molecule has 0 aliphatic rings. The van der Waals surface area contributed by atoms with E-state index in [9.17, 15) is 4.79 Å². The van der Waals surface area contributed by atoms with Crippen molar-refractivity contribution in [2.24, 2.45) is 0 Å². The number of ether oxygens (including phenoxy) is 2. The molecular formula is C9H13N3O3. The van der Waals surface area contributed by atoms with E-state index in [-0.39, 0.29) is 5.97 Å². The molecule has 1 unspecified atom stereocenters. The number of esters is 1. The van der Waals surface area contributed by atoms with Crippen LogP contribution < -0.4 is 10.1 Å². The van der Waals surface area contributed by atoms with Gasteiger partial charge in [0.2, 0.25) is 5.88 Å². The topological polar surface area (TPSA) is 73.3 Å². The lowest BCUT2D eigenvalue weighted by atomic mass is 10.3. The SMILES string of the molecule is COC(=O)C(C)Nc1cc(OC)ncn1. The van der Waals surface area contributed by atoms with Crippen LogP contribution in [-0.4, -0.2) is 36.2 Å². The van der Waals surface area contributed by atoms with Crippen molar-refractivity contribution in [2.45, 2.75) is 13.0 Å². The minimum absolute atomic E-state index is 0.354. The molecule has 1 N–H and O–H groups in total. The molecule has 0 aliphatic heterocycles. The van der Waals surface area contributed by atoms with Gasteiger partial charge in [0.05, 0.1) is 14.2 Å². The Labute approximate surface area is 87.6 Å². The molecule has 6 nitrogen and oxygen atoms in total. The minimum atomic E-state index is -0.463. The molecule has 0 spiro atoms. The van der Waals surface area contributed by atoms with E-state index in [1.807, 2.05) is 0 Å². The molecule has 1 aromatic rings.